The summed E-state index contributed by atoms with van der Waals surface area (Å²) in [5.74, 6) is -0.146. The Labute approximate surface area is 205 Å². The number of benzene rings is 2. The summed E-state index contributed by atoms with van der Waals surface area (Å²) in [6.45, 7) is 5.19. The molecule has 0 atom stereocenters. The highest BCUT2D eigenvalue weighted by atomic mass is 32.2. The Bertz CT molecular complexity index is 1490. The first-order valence-corrected chi connectivity index (χ1v) is 12.7. The molecule has 2 aliphatic rings. The van der Waals surface area contributed by atoms with E-state index >= 15 is 0 Å². The van der Waals surface area contributed by atoms with Crippen LogP contribution in [0.15, 0.2) is 65.5 Å². The van der Waals surface area contributed by atoms with Crippen LogP contribution in [0, 0.1) is 0 Å². The molecule has 3 aromatic rings. The van der Waals surface area contributed by atoms with Crippen molar-refractivity contribution < 1.29 is 4.79 Å². The van der Waals surface area contributed by atoms with Crippen molar-refractivity contribution in [1.82, 2.24) is 9.47 Å². The Kier molecular flexibility index (Phi) is 5.82. The molecule has 0 spiro atoms. The minimum atomic E-state index is -0.146. The fourth-order valence-corrected chi connectivity index (χ4v) is 6.80. The quantitative estimate of drug-likeness (QED) is 0.525. The normalized spacial score (nSPS) is 18.8. The van der Waals surface area contributed by atoms with Gasteiger partial charge in [-0.1, -0.05) is 66.5 Å². The molecular weight excluding hydrogens is 470 g/mol. The van der Waals surface area contributed by atoms with Crippen molar-refractivity contribution in [3.8, 4) is 5.69 Å². The zero-order valence-electron chi connectivity index (χ0n) is 18.1. The zero-order chi connectivity index (χ0) is 23.1. The van der Waals surface area contributed by atoms with Gasteiger partial charge < -0.3 is 4.90 Å². The summed E-state index contributed by atoms with van der Waals surface area (Å²) in [6, 6.07) is 17.6. The third-order valence-electron chi connectivity index (χ3n) is 5.66. The van der Waals surface area contributed by atoms with Crippen LogP contribution in [-0.4, -0.2) is 32.8 Å². The van der Waals surface area contributed by atoms with Crippen molar-refractivity contribution in [1.29, 1.82) is 0 Å². The van der Waals surface area contributed by atoms with Crippen molar-refractivity contribution >= 4 is 67.9 Å². The van der Waals surface area contributed by atoms with E-state index in [0.717, 1.165) is 22.6 Å². The standard InChI is InChI=1S/C25H21N3O2S3/c1-3-26-18-13-9-8-10-16(18)14-15-19(26)20-23(30)28(17-11-6-5-7-12-17)24(32-20)21-22(29)27(4-2)25(31)33-21/h5-15H,3-4H2,1-2H3/b20-19?,24-21-. The minimum absolute atomic E-state index is 0.138. The largest absolute Gasteiger partial charge is 0.340 e. The predicted molar refractivity (Wildman–Crippen MR) is 142 cm³/mol. The van der Waals surface area contributed by atoms with Gasteiger partial charge in [0.2, 0.25) is 0 Å². The molecule has 1 fully saturated rings. The molecule has 0 N–H and O–H groups in total. The van der Waals surface area contributed by atoms with Crippen LogP contribution in [0.1, 0.15) is 19.4 Å². The second-order valence-corrected chi connectivity index (χ2v) is 10.1. The van der Waals surface area contributed by atoms with Gasteiger partial charge in [-0.3, -0.25) is 19.1 Å². The summed E-state index contributed by atoms with van der Waals surface area (Å²) in [4.78, 5) is 31.3. The molecular formula is C25H21N3O2S3. The zero-order valence-corrected chi connectivity index (χ0v) is 20.6. The second kappa shape index (κ2) is 8.78. The lowest BCUT2D eigenvalue weighted by atomic mass is 10.1. The molecule has 0 bridgehead atoms. The van der Waals surface area contributed by atoms with Crippen molar-refractivity contribution in [2.45, 2.75) is 13.8 Å². The minimum Gasteiger partial charge on any atom is -0.340 e. The molecule has 1 aromatic heterocycles. The van der Waals surface area contributed by atoms with E-state index < -0.39 is 0 Å². The van der Waals surface area contributed by atoms with Gasteiger partial charge in [0.05, 0.1) is 11.4 Å². The van der Waals surface area contributed by atoms with Crippen LogP contribution >= 0.6 is 35.3 Å². The molecule has 0 radical (unpaired) electrons. The number of amides is 1. The number of rotatable bonds is 3. The average molecular weight is 492 g/mol. The summed E-state index contributed by atoms with van der Waals surface area (Å²) < 4.78 is 3.39. The SMILES string of the molecule is CCN1C(=O)/C(=c2/sc(=C3C=Cc4ccccc4N3CC)c(=O)n2-c2ccccc2)SC1=S. The number of thiocarbonyl (C=S) groups is 1. The van der Waals surface area contributed by atoms with E-state index in [1.165, 1.54) is 23.1 Å². The highest BCUT2D eigenvalue weighted by Crippen LogP contribution is 2.32. The van der Waals surface area contributed by atoms with Crippen molar-refractivity contribution in [3.63, 3.8) is 0 Å². The summed E-state index contributed by atoms with van der Waals surface area (Å²) in [5, 5.41) is 0. The first kappa shape index (κ1) is 21.9. The third kappa shape index (κ3) is 3.58. The van der Waals surface area contributed by atoms with Crippen LogP contribution in [0.2, 0.25) is 0 Å². The Hall–Kier alpha value is -2.94. The highest BCUT2D eigenvalue weighted by molar-refractivity contribution is 8.30. The highest BCUT2D eigenvalue weighted by Gasteiger charge is 2.33. The lowest BCUT2D eigenvalue weighted by Crippen LogP contribution is -2.36. The van der Waals surface area contributed by atoms with E-state index in [2.05, 4.69) is 24.0 Å². The summed E-state index contributed by atoms with van der Waals surface area (Å²) in [7, 11) is 0. The van der Waals surface area contributed by atoms with Crippen molar-refractivity contribution in [2.75, 3.05) is 18.0 Å². The van der Waals surface area contributed by atoms with Gasteiger partial charge in [-0.15, -0.1) is 11.3 Å². The maximum absolute atomic E-state index is 13.9. The molecule has 0 aliphatic carbocycles. The van der Waals surface area contributed by atoms with E-state index in [9.17, 15) is 9.59 Å². The number of thioether (sulfide) groups is 1. The number of hydrogen-bond acceptors (Lipinski definition) is 6. The fraction of sp³-hybridized carbons (Fsp3) is 0.160. The van der Waals surface area contributed by atoms with Gasteiger partial charge in [-0.2, -0.15) is 0 Å². The number of carbonyl (C=O) groups excluding carboxylic acids is 1. The number of aromatic nitrogens is 1. The number of fused-ring (bicyclic) bond motifs is 1. The molecule has 0 unspecified atom stereocenters. The van der Waals surface area contributed by atoms with Crippen LogP contribution < -0.4 is 19.7 Å². The molecule has 5 nitrogen and oxygen atoms in total. The maximum atomic E-state index is 13.9. The van der Waals surface area contributed by atoms with Gasteiger partial charge in [0.15, 0.2) is 0 Å². The van der Waals surface area contributed by atoms with Gasteiger partial charge in [0, 0.05) is 18.8 Å². The number of carbonyl (C=O) groups is 1. The Morgan fingerprint density at radius 1 is 0.879 bits per heavy atom. The van der Waals surface area contributed by atoms with Crippen LogP contribution in [-0.2, 0) is 4.79 Å². The number of hydrogen-bond donors (Lipinski definition) is 0. The third-order valence-corrected chi connectivity index (χ3v) is 8.40. The summed E-state index contributed by atoms with van der Waals surface area (Å²) >= 11 is 8.06. The van der Waals surface area contributed by atoms with Gasteiger partial charge in [0.1, 0.15) is 18.4 Å². The molecule has 2 aliphatic heterocycles. The Morgan fingerprint density at radius 2 is 1.58 bits per heavy atom. The lowest BCUT2D eigenvalue weighted by molar-refractivity contribution is -0.120. The molecule has 2 aromatic carbocycles. The first-order valence-electron chi connectivity index (χ1n) is 10.7. The molecule has 1 saturated heterocycles. The average Bonchev–Trinajstić information content (AvgIpc) is 3.33. The first-order chi connectivity index (χ1) is 16.0. The molecule has 166 valence electrons. The number of thiazole rings is 1. The molecule has 33 heavy (non-hydrogen) atoms. The van der Waals surface area contributed by atoms with Gasteiger partial charge in [0.25, 0.3) is 11.5 Å². The van der Waals surface area contributed by atoms with Crippen molar-refractivity contribution in [2.24, 2.45) is 0 Å². The van der Waals surface area contributed by atoms with E-state index in [4.69, 9.17) is 12.2 Å². The van der Waals surface area contributed by atoms with Crippen molar-refractivity contribution in [3.05, 3.63) is 85.8 Å². The summed E-state index contributed by atoms with van der Waals surface area (Å²) in [5.41, 5.74) is 3.61. The Morgan fingerprint density at radius 3 is 2.27 bits per heavy atom. The molecule has 0 saturated carbocycles. The van der Waals surface area contributed by atoms with Crippen LogP contribution in [0.25, 0.3) is 22.4 Å². The molecule has 1 amide bonds. The van der Waals surface area contributed by atoms with E-state index in [1.54, 1.807) is 9.47 Å². The fourth-order valence-electron chi connectivity index (χ4n) is 4.10. The van der Waals surface area contributed by atoms with Gasteiger partial charge >= 0.3 is 0 Å². The smallest absolute Gasteiger partial charge is 0.275 e. The van der Waals surface area contributed by atoms with Crippen LogP contribution in [0.5, 0.6) is 0 Å². The van der Waals surface area contributed by atoms with E-state index in [1.807, 2.05) is 61.5 Å². The van der Waals surface area contributed by atoms with Gasteiger partial charge in [-0.05, 0) is 43.7 Å². The van der Waals surface area contributed by atoms with Gasteiger partial charge in [-0.25, -0.2) is 0 Å². The summed E-state index contributed by atoms with van der Waals surface area (Å²) in [6.07, 6.45) is 4.04. The topological polar surface area (TPSA) is 45.6 Å². The Balaban J connectivity index is 1.87. The van der Waals surface area contributed by atoms with Crippen LogP contribution in [0.4, 0.5) is 5.69 Å². The van der Waals surface area contributed by atoms with E-state index in [0.29, 0.717) is 31.5 Å². The number of nitrogens with zero attached hydrogens (tertiary/aromatic N) is 3. The van der Waals surface area contributed by atoms with Crippen LogP contribution in [0.3, 0.4) is 0 Å². The number of para-hydroxylation sites is 2. The number of likely N-dealkylation sites (N-methyl/N-ethyl adjacent to an activating group) is 1. The van der Waals surface area contributed by atoms with E-state index in [-0.39, 0.29) is 11.5 Å². The lowest BCUT2D eigenvalue weighted by Gasteiger charge is -2.28. The molecule has 5 rings (SSSR count). The predicted octanol–water partition coefficient (Wildman–Crippen LogP) is 3.55. The molecule has 8 heteroatoms. The maximum Gasteiger partial charge on any atom is 0.275 e. The second-order valence-electron chi connectivity index (χ2n) is 7.48. The number of anilines is 1. The monoisotopic (exact) mass is 491 g/mol. The molecule has 3 heterocycles.